The summed E-state index contributed by atoms with van der Waals surface area (Å²) in [6.45, 7) is 4.74. The third kappa shape index (κ3) is 4.78. The van der Waals surface area contributed by atoms with Gasteiger partial charge in [0.2, 0.25) is 0 Å². The minimum Gasteiger partial charge on any atom is -0.484 e. The third-order valence-corrected chi connectivity index (χ3v) is 13.4. The largest absolute Gasteiger partial charge is 0.484 e. The van der Waals surface area contributed by atoms with Crippen LogP contribution in [-0.2, 0) is 11.8 Å². The van der Waals surface area contributed by atoms with E-state index in [9.17, 15) is 0 Å². The number of allylic oxidation sites excluding steroid dienone is 3. The van der Waals surface area contributed by atoms with Crippen LogP contribution in [0.4, 0.5) is 17.1 Å². The Morgan fingerprint density at radius 1 is 0.667 bits per heavy atom. The van der Waals surface area contributed by atoms with Crippen LogP contribution in [0, 0.1) is 0 Å². The predicted octanol–water partition coefficient (Wildman–Crippen LogP) is 13.8. The van der Waals surface area contributed by atoms with Crippen molar-refractivity contribution in [1.29, 1.82) is 0 Å². The van der Waals surface area contributed by atoms with Gasteiger partial charge in [0.1, 0.15) is 11.9 Å². The zero-order chi connectivity index (χ0) is 36.0. The monoisotopic (exact) mass is 713 g/mol. The van der Waals surface area contributed by atoms with Gasteiger partial charge < -0.3 is 9.64 Å². The molecule has 0 saturated carbocycles. The van der Waals surface area contributed by atoms with Crippen LogP contribution in [0.15, 0.2) is 163 Å². The van der Waals surface area contributed by atoms with Crippen molar-refractivity contribution in [3.05, 3.63) is 190 Å². The fourth-order valence-electron chi connectivity index (χ4n) is 9.43. The van der Waals surface area contributed by atoms with Gasteiger partial charge in [0.25, 0.3) is 0 Å². The zero-order valence-electron chi connectivity index (χ0n) is 30.4. The van der Waals surface area contributed by atoms with Crippen molar-refractivity contribution >= 4 is 50.1 Å². The average molecular weight is 714 g/mol. The van der Waals surface area contributed by atoms with Gasteiger partial charge in [0.05, 0.1) is 0 Å². The first-order chi connectivity index (χ1) is 26.5. The highest BCUT2D eigenvalue weighted by molar-refractivity contribution is 7.20. The zero-order valence-corrected chi connectivity index (χ0v) is 31.2. The summed E-state index contributed by atoms with van der Waals surface area (Å²) >= 11 is 1.93. The summed E-state index contributed by atoms with van der Waals surface area (Å²) in [7, 11) is 0. The van der Waals surface area contributed by atoms with Crippen LogP contribution in [-0.4, -0.2) is 6.10 Å². The van der Waals surface area contributed by atoms with E-state index in [0.717, 1.165) is 35.7 Å². The fraction of sp³-hybridized carbons (Fsp3) is 0.137. The number of fused-ring (bicyclic) bond motifs is 9. The normalized spacial score (nSPS) is 18.5. The molecule has 54 heavy (non-hydrogen) atoms. The molecule has 0 radical (unpaired) electrons. The standard InChI is InChI=1S/C51H39NOS/c1-51(2)44-30-29-41-39-13-6-8-17-46(39)53-49(41)48(44)43-28-27-37(31-45(43)51)52(35-23-19-33(20-24-35)32-11-4-3-5-12-32)36-25-21-34(22-26-36)38-15-10-16-42-40-14-7-9-18-47(40)54-50(38)42/h3-6,8-13,15-31,41,49H,7,14H2,1-2H3. The first kappa shape index (κ1) is 31.6. The molecule has 1 aromatic heterocycles. The lowest BCUT2D eigenvalue weighted by Crippen LogP contribution is -2.24. The minimum atomic E-state index is -0.166. The first-order valence-corrected chi connectivity index (χ1v) is 19.9. The number of ether oxygens (including phenoxy) is 1. The van der Waals surface area contributed by atoms with Gasteiger partial charge >= 0.3 is 0 Å². The number of para-hydroxylation sites is 1. The summed E-state index contributed by atoms with van der Waals surface area (Å²) in [6, 6.07) is 51.3. The van der Waals surface area contributed by atoms with E-state index in [-0.39, 0.29) is 17.4 Å². The molecule has 0 spiro atoms. The molecule has 7 aromatic rings. The van der Waals surface area contributed by atoms with E-state index in [1.54, 1.807) is 0 Å². The second-order valence-corrected chi connectivity index (χ2v) is 16.6. The maximum atomic E-state index is 6.71. The summed E-state index contributed by atoms with van der Waals surface area (Å²) < 4.78 is 8.10. The Morgan fingerprint density at radius 2 is 1.39 bits per heavy atom. The van der Waals surface area contributed by atoms with Crippen molar-refractivity contribution in [3.8, 4) is 28.0 Å². The number of hydrogen-bond donors (Lipinski definition) is 0. The molecule has 2 atom stereocenters. The van der Waals surface area contributed by atoms with E-state index in [1.807, 2.05) is 11.3 Å². The third-order valence-electron chi connectivity index (χ3n) is 12.2. The summed E-state index contributed by atoms with van der Waals surface area (Å²) in [6.07, 6.45) is 11.6. The maximum absolute atomic E-state index is 6.71. The van der Waals surface area contributed by atoms with Crippen LogP contribution < -0.4 is 9.64 Å². The van der Waals surface area contributed by atoms with E-state index in [4.69, 9.17) is 4.74 Å². The Bertz CT molecular complexity index is 2710. The lowest BCUT2D eigenvalue weighted by molar-refractivity contribution is 0.277. The number of aryl methyl sites for hydroxylation is 1. The highest BCUT2D eigenvalue weighted by atomic mass is 32.1. The fourth-order valence-corrected chi connectivity index (χ4v) is 10.7. The molecule has 0 amide bonds. The van der Waals surface area contributed by atoms with Gasteiger partial charge in [-0.25, -0.2) is 0 Å². The number of anilines is 3. The molecule has 0 N–H and O–H groups in total. The summed E-state index contributed by atoms with van der Waals surface area (Å²) in [4.78, 5) is 3.83. The molecule has 4 aliphatic rings. The molecule has 0 bridgehead atoms. The second kappa shape index (κ2) is 12.1. The number of rotatable bonds is 5. The molecular formula is C51H39NOS. The number of hydrogen-bond acceptors (Lipinski definition) is 3. The van der Waals surface area contributed by atoms with E-state index < -0.39 is 0 Å². The lowest BCUT2D eigenvalue weighted by Gasteiger charge is -2.29. The second-order valence-electron chi connectivity index (χ2n) is 15.5. The quantitative estimate of drug-likeness (QED) is 0.176. The Kier molecular flexibility index (Phi) is 7.06. The molecule has 11 rings (SSSR count). The Morgan fingerprint density at radius 3 is 2.20 bits per heavy atom. The van der Waals surface area contributed by atoms with Crippen molar-refractivity contribution in [3.63, 3.8) is 0 Å². The first-order valence-electron chi connectivity index (χ1n) is 19.1. The molecule has 260 valence electrons. The Labute approximate surface area is 321 Å². The van der Waals surface area contributed by atoms with Gasteiger partial charge in [-0.15, -0.1) is 11.3 Å². The molecule has 6 aromatic carbocycles. The van der Waals surface area contributed by atoms with Gasteiger partial charge in [-0.1, -0.05) is 129 Å². The molecule has 0 fully saturated rings. The topological polar surface area (TPSA) is 12.5 Å². The molecule has 2 unspecified atom stereocenters. The molecule has 2 heterocycles. The number of benzene rings is 6. The molecular weight excluding hydrogens is 675 g/mol. The van der Waals surface area contributed by atoms with Gasteiger partial charge in [-0.2, -0.15) is 0 Å². The van der Waals surface area contributed by atoms with Crippen molar-refractivity contribution in [2.75, 3.05) is 4.90 Å². The molecule has 3 aliphatic carbocycles. The molecule has 3 heteroatoms. The SMILES string of the molecule is CC1(C)C2=C(c3ccc(N(c4ccc(-c5ccccc5)cc4)c4ccc(-c5cccc6c7c(sc56)C=CCC7)cc4)cc31)C1Oc3ccccc3C1C=C2. The van der Waals surface area contributed by atoms with Gasteiger partial charge in [-0.3, -0.25) is 0 Å². The number of nitrogens with zero attached hydrogens (tertiary/aromatic N) is 1. The van der Waals surface area contributed by atoms with E-state index >= 15 is 0 Å². The Balaban J connectivity index is 1.01. The highest BCUT2D eigenvalue weighted by Crippen LogP contribution is 2.57. The predicted molar refractivity (Wildman–Crippen MR) is 227 cm³/mol. The van der Waals surface area contributed by atoms with Crippen molar-refractivity contribution in [1.82, 2.24) is 0 Å². The highest BCUT2D eigenvalue weighted by Gasteiger charge is 2.47. The number of thiophene rings is 1. The van der Waals surface area contributed by atoms with Crippen molar-refractivity contribution in [2.24, 2.45) is 0 Å². The van der Waals surface area contributed by atoms with E-state index in [0.29, 0.717) is 0 Å². The van der Waals surface area contributed by atoms with Gasteiger partial charge in [0.15, 0.2) is 0 Å². The Hall–Kier alpha value is -5.90. The van der Waals surface area contributed by atoms with Crippen molar-refractivity contribution in [2.45, 2.75) is 44.1 Å². The molecule has 0 saturated heterocycles. The van der Waals surface area contributed by atoms with Gasteiger partial charge in [0, 0.05) is 49.1 Å². The molecule has 2 nitrogen and oxygen atoms in total. The van der Waals surface area contributed by atoms with E-state index in [2.05, 4.69) is 183 Å². The summed E-state index contributed by atoms with van der Waals surface area (Å²) in [5, 5.41) is 1.41. The molecule has 1 aliphatic heterocycles. The van der Waals surface area contributed by atoms with Crippen LogP contribution in [0.3, 0.4) is 0 Å². The summed E-state index contributed by atoms with van der Waals surface area (Å²) in [5.74, 6) is 1.25. The van der Waals surface area contributed by atoms with Crippen LogP contribution in [0.2, 0.25) is 0 Å². The van der Waals surface area contributed by atoms with Crippen LogP contribution in [0.5, 0.6) is 5.75 Å². The van der Waals surface area contributed by atoms with Crippen LogP contribution >= 0.6 is 11.3 Å². The average Bonchev–Trinajstić information content (AvgIpc) is 3.87. The minimum absolute atomic E-state index is 0.00248. The maximum Gasteiger partial charge on any atom is 0.135 e. The van der Waals surface area contributed by atoms with Gasteiger partial charge in [-0.05, 0) is 111 Å². The van der Waals surface area contributed by atoms with E-state index in [1.165, 1.54) is 70.6 Å². The summed E-state index contributed by atoms with van der Waals surface area (Å²) in [5.41, 5.74) is 16.4. The smallest absolute Gasteiger partial charge is 0.135 e. The lowest BCUT2D eigenvalue weighted by atomic mass is 9.77. The van der Waals surface area contributed by atoms with Crippen molar-refractivity contribution < 1.29 is 4.74 Å². The van der Waals surface area contributed by atoms with Crippen LogP contribution in [0.1, 0.15) is 53.3 Å². The van der Waals surface area contributed by atoms with Crippen LogP contribution in [0.25, 0.3) is 44.0 Å².